The first-order chi connectivity index (χ1) is 10.1. The van der Waals surface area contributed by atoms with E-state index < -0.39 is 6.04 Å². The van der Waals surface area contributed by atoms with Crippen LogP contribution < -0.4 is 5.73 Å². The number of hydrogen-bond acceptors (Lipinski definition) is 4. The van der Waals surface area contributed by atoms with Gasteiger partial charge in [0.25, 0.3) is 0 Å². The van der Waals surface area contributed by atoms with E-state index in [2.05, 4.69) is 19.1 Å². The number of thioether (sulfide) groups is 1. The number of benzene rings is 1. The zero-order valence-electron chi connectivity index (χ0n) is 12.7. The number of nitrogens with two attached hydrogens (primary N) is 1. The van der Waals surface area contributed by atoms with Crippen LogP contribution in [0.15, 0.2) is 24.3 Å². The average molecular weight is 308 g/mol. The van der Waals surface area contributed by atoms with Crippen molar-refractivity contribution in [3.05, 3.63) is 35.4 Å². The third-order valence-electron chi connectivity index (χ3n) is 3.86. The van der Waals surface area contributed by atoms with Crippen molar-refractivity contribution in [3.63, 3.8) is 0 Å². The number of ether oxygens (including phenoxy) is 1. The lowest BCUT2D eigenvalue weighted by molar-refractivity contribution is -0.140. The Bertz CT molecular complexity index is 481. The molecule has 2 rings (SSSR count). The number of hydrogen-bond donors (Lipinski definition) is 1. The first kappa shape index (κ1) is 16.3. The van der Waals surface area contributed by atoms with Gasteiger partial charge in [0.15, 0.2) is 0 Å². The van der Waals surface area contributed by atoms with Gasteiger partial charge in [-0.1, -0.05) is 24.3 Å². The third kappa shape index (κ3) is 4.22. The molecule has 5 heteroatoms. The van der Waals surface area contributed by atoms with Gasteiger partial charge in [0, 0.05) is 6.54 Å². The van der Waals surface area contributed by atoms with E-state index in [-0.39, 0.29) is 12.0 Å². The molecule has 1 aromatic rings. The lowest BCUT2D eigenvalue weighted by Crippen LogP contribution is -2.49. The largest absolute Gasteiger partial charge is 0.370 e. The summed E-state index contributed by atoms with van der Waals surface area (Å²) in [6.45, 7) is 3.87. The molecule has 1 aliphatic rings. The molecule has 2 unspecified atom stereocenters. The average Bonchev–Trinajstić information content (AvgIpc) is 2.52. The van der Waals surface area contributed by atoms with Crippen LogP contribution >= 0.6 is 11.8 Å². The van der Waals surface area contributed by atoms with Crippen molar-refractivity contribution in [2.75, 3.05) is 31.7 Å². The summed E-state index contributed by atoms with van der Waals surface area (Å²) in [5.74, 6) is 0.962. The molecule has 4 nitrogen and oxygen atoms in total. The van der Waals surface area contributed by atoms with Gasteiger partial charge >= 0.3 is 0 Å². The van der Waals surface area contributed by atoms with Gasteiger partial charge in [-0.25, -0.2) is 0 Å². The summed E-state index contributed by atoms with van der Waals surface area (Å²) < 4.78 is 5.85. The lowest BCUT2D eigenvalue weighted by atomic mass is 10.0. The first-order valence-electron chi connectivity index (χ1n) is 7.34. The molecule has 1 saturated heterocycles. The van der Waals surface area contributed by atoms with Crippen molar-refractivity contribution in [2.45, 2.75) is 25.5 Å². The molecular formula is C16H24N2O2S. The maximum Gasteiger partial charge on any atom is 0.239 e. The van der Waals surface area contributed by atoms with Crippen molar-refractivity contribution in [1.82, 2.24) is 4.90 Å². The van der Waals surface area contributed by atoms with Gasteiger partial charge in [0.05, 0.1) is 19.2 Å². The summed E-state index contributed by atoms with van der Waals surface area (Å²) in [6.07, 6.45) is 2.71. The normalized spacial score (nSPS) is 20.3. The van der Waals surface area contributed by atoms with Crippen LogP contribution in [0.4, 0.5) is 0 Å². The Morgan fingerprint density at radius 2 is 2.29 bits per heavy atom. The van der Waals surface area contributed by atoms with Crippen LogP contribution in [0, 0.1) is 6.92 Å². The number of carbonyl (C=O) groups is 1. The van der Waals surface area contributed by atoms with Crippen LogP contribution in [-0.2, 0) is 9.53 Å². The minimum atomic E-state index is -0.395. The summed E-state index contributed by atoms with van der Waals surface area (Å²) in [5.41, 5.74) is 8.36. The molecule has 0 bridgehead atoms. The minimum Gasteiger partial charge on any atom is -0.370 e. The fourth-order valence-corrected chi connectivity index (χ4v) is 3.08. The summed E-state index contributed by atoms with van der Waals surface area (Å²) in [5, 5.41) is 0. The molecule has 1 heterocycles. The zero-order chi connectivity index (χ0) is 15.2. The monoisotopic (exact) mass is 308 g/mol. The number of morpholine rings is 1. The molecular weight excluding hydrogens is 284 g/mol. The highest BCUT2D eigenvalue weighted by molar-refractivity contribution is 7.98. The highest BCUT2D eigenvalue weighted by atomic mass is 32.2. The summed E-state index contributed by atoms with van der Waals surface area (Å²) in [4.78, 5) is 14.3. The van der Waals surface area contributed by atoms with Crippen LogP contribution in [0.25, 0.3) is 0 Å². The zero-order valence-corrected chi connectivity index (χ0v) is 13.6. The molecule has 0 aromatic heterocycles. The van der Waals surface area contributed by atoms with Crippen LogP contribution in [0.2, 0.25) is 0 Å². The van der Waals surface area contributed by atoms with Crippen molar-refractivity contribution in [3.8, 4) is 0 Å². The van der Waals surface area contributed by atoms with Gasteiger partial charge < -0.3 is 15.4 Å². The van der Waals surface area contributed by atoms with Crippen molar-refractivity contribution in [1.29, 1.82) is 0 Å². The molecule has 2 N–H and O–H groups in total. The number of carbonyl (C=O) groups excluding carboxylic acids is 1. The Morgan fingerprint density at radius 3 is 3.00 bits per heavy atom. The highest BCUT2D eigenvalue weighted by Gasteiger charge is 2.28. The van der Waals surface area contributed by atoms with E-state index in [9.17, 15) is 4.79 Å². The molecule has 0 aliphatic carbocycles. The highest BCUT2D eigenvalue weighted by Crippen LogP contribution is 2.25. The smallest absolute Gasteiger partial charge is 0.239 e. The van der Waals surface area contributed by atoms with Crippen LogP contribution in [0.5, 0.6) is 0 Å². The number of nitrogens with zero attached hydrogens (tertiary/aromatic N) is 1. The van der Waals surface area contributed by atoms with E-state index >= 15 is 0 Å². The van der Waals surface area contributed by atoms with Gasteiger partial charge in [0.2, 0.25) is 5.91 Å². The van der Waals surface area contributed by atoms with Crippen LogP contribution in [0.1, 0.15) is 23.7 Å². The van der Waals surface area contributed by atoms with E-state index in [1.807, 2.05) is 23.3 Å². The molecule has 116 valence electrons. The van der Waals surface area contributed by atoms with Gasteiger partial charge in [-0.3, -0.25) is 4.79 Å². The van der Waals surface area contributed by atoms with Gasteiger partial charge in [-0.05, 0) is 36.5 Å². The third-order valence-corrected chi connectivity index (χ3v) is 4.51. The standard InChI is InChI=1S/C16H24N2O2S/c1-12-5-3-4-6-13(12)15-11-18(8-9-20-15)16(19)14(17)7-10-21-2/h3-6,14-15H,7-11,17H2,1-2H3. The molecule has 2 atom stereocenters. The molecule has 0 saturated carbocycles. The number of aryl methyl sites for hydroxylation is 1. The van der Waals surface area contributed by atoms with Crippen molar-refractivity contribution in [2.24, 2.45) is 5.73 Å². The minimum absolute atomic E-state index is 0.0448. The molecule has 1 aromatic carbocycles. The fourth-order valence-electron chi connectivity index (χ4n) is 2.59. The Kier molecular flexibility index (Phi) is 6.08. The predicted molar refractivity (Wildman–Crippen MR) is 87.4 cm³/mol. The van der Waals surface area contributed by atoms with E-state index in [1.54, 1.807) is 11.8 Å². The maximum atomic E-state index is 12.4. The second kappa shape index (κ2) is 7.82. The quantitative estimate of drug-likeness (QED) is 0.903. The number of amides is 1. The molecule has 1 amide bonds. The SMILES string of the molecule is CSCCC(N)C(=O)N1CCOC(c2ccccc2C)C1. The summed E-state index contributed by atoms with van der Waals surface area (Å²) in [7, 11) is 0. The van der Waals surface area contributed by atoms with E-state index in [0.717, 1.165) is 17.7 Å². The van der Waals surface area contributed by atoms with Gasteiger partial charge in [-0.15, -0.1) is 0 Å². The lowest BCUT2D eigenvalue weighted by Gasteiger charge is -2.35. The van der Waals surface area contributed by atoms with Gasteiger partial charge in [-0.2, -0.15) is 11.8 Å². The topological polar surface area (TPSA) is 55.6 Å². The first-order valence-corrected chi connectivity index (χ1v) is 8.73. The Balaban J connectivity index is 2.00. The summed E-state index contributed by atoms with van der Waals surface area (Å²) >= 11 is 1.72. The fraction of sp³-hybridized carbons (Fsp3) is 0.562. The van der Waals surface area contributed by atoms with Crippen molar-refractivity contribution < 1.29 is 9.53 Å². The molecule has 0 radical (unpaired) electrons. The molecule has 1 fully saturated rings. The molecule has 0 spiro atoms. The van der Waals surface area contributed by atoms with E-state index in [4.69, 9.17) is 10.5 Å². The maximum absolute atomic E-state index is 12.4. The Labute approximate surface area is 131 Å². The van der Waals surface area contributed by atoms with Crippen LogP contribution in [-0.4, -0.2) is 48.6 Å². The molecule has 1 aliphatic heterocycles. The van der Waals surface area contributed by atoms with E-state index in [1.165, 1.54) is 5.56 Å². The van der Waals surface area contributed by atoms with E-state index in [0.29, 0.717) is 19.7 Å². The van der Waals surface area contributed by atoms with Gasteiger partial charge in [0.1, 0.15) is 6.10 Å². The second-order valence-corrected chi connectivity index (χ2v) is 6.37. The number of rotatable bonds is 5. The van der Waals surface area contributed by atoms with Crippen LogP contribution in [0.3, 0.4) is 0 Å². The predicted octanol–water partition coefficient (Wildman–Crippen LogP) is 1.98. The Morgan fingerprint density at radius 1 is 1.52 bits per heavy atom. The van der Waals surface area contributed by atoms with Crippen molar-refractivity contribution >= 4 is 17.7 Å². The summed E-state index contributed by atoms with van der Waals surface area (Å²) in [6, 6.07) is 7.78. The second-order valence-electron chi connectivity index (χ2n) is 5.39. The Hall–Kier alpha value is -1.04. The molecule has 21 heavy (non-hydrogen) atoms.